The molecule has 0 amide bonds. The summed E-state index contributed by atoms with van der Waals surface area (Å²) in [4.78, 5) is 10.5. The first-order valence-corrected chi connectivity index (χ1v) is 6.04. The van der Waals surface area contributed by atoms with Crippen molar-refractivity contribution in [1.82, 2.24) is 0 Å². The normalized spacial score (nSPS) is 10.4. The molecular weight excluding hydrogens is 232 g/mol. The van der Waals surface area contributed by atoms with Crippen LogP contribution in [0.5, 0.6) is 11.5 Å². The van der Waals surface area contributed by atoms with Crippen LogP contribution in [0.15, 0.2) is 18.2 Å². The Bertz CT molecular complexity index is 399. The van der Waals surface area contributed by atoms with Crippen LogP contribution in [0.4, 0.5) is 0 Å². The van der Waals surface area contributed by atoms with E-state index in [4.69, 9.17) is 14.6 Å². The van der Waals surface area contributed by atoms with Crippen molar-refractivity contribution in [1.29, 1.82) is 0 Å². The molecule has 1 N–H and O–H groups in total. The van der Waals surface area contributed by atoms with Crippen molar-refractivity contribution in [3.8, 4) is 11.5 Å². The van der Waals surface area contributed by atoms with E-state index >= 15 is 0 Å². The zero-order valence-electron chi connectivity index (χ0n) is 11.1. The van der Waals surface area contributed by atoms with Crippen molar-refractivity contribution in [3.05, 3.63) is 23.8 Å². The van der Waals surface area contributed by atoms with Gasteiger partial charge < -0.3 is 14.6 Å². The first-order chi connectivity index (χ1) is 8.52. The maximum Gasteiger partial charge on any atom is 0.303 e. The van der Waals surface area contributed by atoms with Gasteiger partial charge in [-0.05, 0) is 30.0 Å². The Morgan fingerprint density at radius 2 is 2.06 bits per heavy atom. The molecular formula is C14H20O4. The molecule has 0 fully saturated rings. The summed E-state index contributed by atoms with van der Waals surface area (Å²) in [6.45, 7) is 4.75. The summed E-state index contributed by atoms with van der Waals surface area (Å²) in [5.74, 6) is 0.983. The molecule has 1 rings (SSSR count). The van der Waals surface area contributed by atoms with Crippen LogP contribution in [0.3, 0.4) is 0 Å². The zero-order valence-corrected chi connectivity index (χ0v) is 11.1. The number of aryl methyl sites for hydroxylation is 1. The van der Waals surface area contributed by atoms with E-state index in [0.717, 1.165) is 5.56 Å². The van der Waals surface area contributed by atoms with Gasteiger partial charge in [0.1, 0.15) is 0 Å². The number of rotatable bonds is 7. The Hall–Kier alpha value is -1.71. The van der Waals surface area contributed by atoms with E-state index in [1.165, 1.54) is 0 Å². The predicted molar refractivity (Wildman–Crippen MR) is 69.3 cm³/mol. The van der Waals surface area contributed by atoms with E-state index in [2.05, 4.69) is 13.8 Å². The number of methoxy groups -OCH3 is 1. The molecule has 1 aromatic rings. The number of carboxylic acids is 1. The lowest BCUT2D eigenvalue weighted by Gasteiger charge is -2.13. The van der Waals surface area contributed by atoms with E-state index in [1.54, 1.807) is 7.11 Å². The van der Waals surface area contributed by atoms with E-state index in [1.807, 2.05) is 18.2 Å². The van der Waals surface area contributed by atoms with Crippen LogP contribution in [-0.2, 0) is 11.2 Å². The van der Waals surface area contributed by atoms with E-state index in [-0.39, 0.29) is 6.42 Å². The average Bonchev–Trinajstić information content (AvgIpc) is 2.33. The minimum absolute atomic E-state index is 0.121. The number of ether oxygens (including phenoxy) is 2. The van der Waals surface area contributed by atoms with Gasteiger partial charge in [0.05, 0.1) is 13.7 Å². The zero-order chi connectivity index (χ0) is 13.5. The second kappa shape index (κ2) is 6.89. The molecule has 0 saturated carbocycles. The second-order valence-electron chi connectivity index (χ2n) is 4.58. The molecule has 1 aromatic carbocycles. The summed E-state index contributed by atoms with van der Waals surface area (Å²) in [5, 5.41) is 8.67. The standard InChI is InChI=1S/C14H20O4/c1-10(2)9-18-13-8-11(5-7-14(15)16)4-6-12(13)17-3/h4,6,8,10H,5,7,9H2,1-3H3,(H,15,16). The highest BCUT2D eigenvalue weighted by Gasteiger charge is 2.08. The molecule has 0 aliphatic rings. The molecule has 0 aliphatic heterocycles. The molecule has 100 valence electrons. The third kappa shape index (κ3) is 4.65. The van der Waals surface area contributed by atoms with Crippen molar-refractivity contribution in [2.75, 3.05) is 13.7 Å². The summed E-state index contributed by atoms with van der Waals surface area (Å²) in [6, 6.07) is 5.53. The van der Waals surface area contributed by atoms with Crippen LogP contribution in [-0.4, -0.2) is 24.8 Å². The van der Waals surface area contributed by atoms with E-state index in [9.17, 15) is 4.79 Å². The molecule has 0 bridgehead atoms. The maximum absolute atomic E-state index is 10.5. The summed E-state index contributed by atoms with van der Waals surface area (Å²) < 4.78 is 10.9. The van der Waals surface area contributed by atoms with Gasteiger partial charge in [-0.1, -0.05) is 19.9 Å². The van der Waals surface area contributed by atoms with Crippen LogP contribution in [0.1, 0.15) is 25.8 Å². The maximum atomic E-state index is 10.5. The molecule has 0 heterocycles. The Labute approximate surface area is 108 Å². The van der Waals surface area contributed by atoms with Crippen LogP contribution < -0.4 is 9.47 Å². The fourth-order valence-corrected chi connectivity index (χ4v) is 1.50. The van der Waals surface area contributed by atoms with Gasteiger partial charge in [-0.25, -0.2) is 0 Å². The lowest BCUT2D eigenvalue weighted by molar-refractivity contribution is -0.136. The number of aliphatic carboxylic acids is 1. The number of hydrogen-bond donors (Lipinski definition) is 1. The predicted octanol–water partition coefficient (Wildman–Crippen LogP) is 2.75. The highest BCUT2D eigenvalue weighted by Crippen LogP contribution is 2.28. The lowest BCUT2D eigenvalue weighted by Crippen LogP contribution is -2.06. The van der Waals surface area contributed by atoms with Gasteiger partial charge >= 0.3 is 5.97 Å². The summed E-state index contributed by atoms with van der Waals surface area (Å²) in [7, 11) is 1.59. The highest BCUT2D eigenvalue weighted by molar-refractivity contribution is 5.67. The van der Waals surface area contributed by atoms with Crippen molar-refractivity contribution >= 4 is 5.97 Å². The molecule has 0 aliphatic carbocycles. The van der Waals surface area contributed by atoms with Gasteiger partial charge in [-0.15, -0.1) is 0 Å². The molecule has 0 aromatic heterocycles. The van der Waals surface area contributed by atoms with Gasteiger partial charge in [0.2, 0.25) is 0 Å². The van der Waals surface area contributed by atoms with E-state index in [0.29, 0.717) is 30.4 Å². The van der Waals surface area contributed by atoms with Crippen LogP contribution >= 0.6 is 0 Å². The molecule has 0 radical (unpaired) electrons. The van der Waals surface area contributed by atoms with Gasteiger partial charge in [0.25, 0.3) is 0 Å². The van der Waals surface area contributed by atoms with Crippen LogP contribution in [0.25, 0.3) is 0 Å². The van der Waals surface area contributed by atoms with Gasteiger partial charge in [-0.3, -0.25) is 4.79 Å². The van der Waals surface area contributed by atoms with Crippen LogP contribution in [0.2, 0.25) is 0 Å². The minimum Gasteiger partial charge on any atom is -0.493 e. The summed E-state index contributed by atoms with van der Waals surface area (Å²) in [5.41, 5.74) is 0.942. The van der Waals surface area contributed by atoms with Crippen molar-refractivity contribution in [2.24, 2.45) is 5.92 Å². The molecule has 18 heavy (non-hydrogen) atoms. The van der Waals surface area contributed by atoms with Gasteiger partial charge in [0.15, 0.2) is 11.5 Å². The number of carboxylic acid groups (broad SMARTS) is 1. The second-order valence-corrected chi connectivity index (χ2v) is 4.58. The first kappa shape index (κ1) is 14.4. The largest absolute Gasteiger partial charge is 0.493 e. The molecule has 0 unspecified atom stereocenters. The van der Waals surface area contributed by atoms with E-state index < -0.39 is 5.97 Å². The fraction of sp³-hybridized carbons (Fsp3) is 0.500. The Morgan fingerprint density at radius 3 is 2.61 bits per heavy atom. The van der Waals surface area contributed by atoms with Crippen LogP contribution in [0, 0.1) is 5.92 Å². The number of benzene rings is 1. The SMILES string of the molecule is COc1ccc(CCC(=O)O)cc1OCC(C)C. The number of carbonyl (C=O) groups is 1. The Balaban J connectivity index is 2.77. The van der Waals surface area contributed by atoms with Crippen molar-refractivity contribution < 1.29 is 19.4 Å². The fourth-order valence-electron chi connectivity index (χ4n) is 1.50. The topological polar surface area (TPSA) is 55.8 Å². The van der Waals surface area contributed by atoms with Gasteiger partial charge in [-0.2, -0.15) is 0 Å². The van der Waals surface area contributed by atoms with Crippen molar-refractivity contribution in [3.63, 3.8) is 0 Å². The minimum atomic E-state index is -0.796. The smallest absolute Gasteiger partial charge is 0.303 e. The number of hydrogen-bond acceptors (Lipinski definition) is 3. The Kier molecular flexibility index (Phi) is 5.49. The average molecular weight is 252 g/mol. The molecule has 4 nitrogen and oxygen atoms in total. The summed E-state index contributed by atoms with van der Waals surface area (Å²) >= 11 is 0. The van der Waals surface area contributed by atoms with Gasteiger partial charge in [0, 0.05) is 6.42 Å². The summed E-state index contributed by atoms with van der Waals surface area (Å²) in [6.07, 6.45) is 0.618. The lowest BCUT2D eigenvalue weighted by atomic mass is 10.1. The van der Waals surface area contributed by atoms with Crippen molar-refractivity contribution in [2.45, 2.75) is 26.7 Å². The highest BCUT2D eigenvalue weighted by atomic mass is 16.5. The Morgan fingerprint density at radius 1 is 1.33 bits per heavy atom. The molecule has 0 atom stereocenters. The molecule has 0 spiro atoms. The molecule has 4 heteroatoms. The quantitative estimate of drug-likeness (QED) is 0.810. The first-order valence-electron chi connectivity index (χ1n) is 6.04. The molecule has 0 saturated heterocycles. The third-order valence-electron chi connectivity index (χ3n) is 2.43. The monoisotopic (exact) mass is 252 g/mol. The third-order valence-corrected chi connectivity index (χ3v) is 2.43.